The zero-order valence-electron chi connectivity index (χ0n) is 15.0. The molecule has 0 amide bonds. The zero-order valence-corrected chi connectivity index (χ0v) is 17.3. The number of hydrogen-bond donors (Lipinski definition) is 2. The molecule has 1 unspecified atom stereocenters. The summed E-state index contributed by atoms with van der Waals surface area (Å²) in [5.74, 6) is 3.47. The number of aromatic nitrogens is 5. The summed E-state index contributed by atoms with van der Waals surface area (Å²) >= 11 is 0. The lowest BCUT2D eigenvalue weighted by Crippen LogP contribution is -2.47. The van der Waals surface area contributed by atoms with E-state index in [0.29, 0.717) is 18.5 Å². The Morgan fingerprint density at radius 3 is 3.00 bits per heavy atom. The highest BCUT2D eigenvalue weighted by Gasteiger charge is 2.20. The van der Waals surface area contributed by atoms with Crippen LogP contribution in [0.3, 0.4) is 0 Å². The van der Waals surface area contributed by atoms with Crippen molar-refractivity contribution >= 4 is 29.9 Å². The molecule has 0 spiro atoms. The van der Waals surface area contributed by atoms with Gasteiger partial charge in [-0.15, -0.1) is 24.0 Å². The maximum atomic E-state index is 4.44. The first-order chi connectivity index (χ1) is 11.7. The van der Waals surface area contributed by atoms with Crippen LogP contribution in [0.1, 0.15) is 31.9 Å². The van der Waals surface area contributed by atoms with Gasteiger partial charge in [0, 0.05) is 38.4 Å². The Labute approximate surface area is 165 Å². The molecule has 3 rings (SSSR count). The van der Waals surface area contributed by atoms with Crippen LogP contribution in [0.15, 0.2) is 23.7 Å². The van der Waals surface area contributed by atoms with E-state index >= 15 is 0 Å². The highest BCUT2D eigenvalue weighted by atomic mass is 127. The third kappa shape index (κ3) is 5.16. The molecular formula is C16H27IN8. The number of rotatable bonds is 5. The molecule has 2 aromatic rings. The Morgan fingerprint density at radius 1 is 1.40 bits per heavy atom. The molecular weight excluding hydrogens is 431 g/mol. The van der Waals surface area contributed by atoms with Crippen LogP contribution in [0.2, 0.25) is 0 Å². The highest BCUT2D eigenvalue weighted by molar-refractivity contribution is 14.0. The van der Waals surface area contributed by atoms with Crippen molar-refractivity contribution in [3.8, 4) is 0 Å². The largest absolute Gasteiger partial charge is 0.352 e. The number of aliphatic imine (C=N–C) groups is 1. The van der Waals surface area contributed by atoms with Crippen LogP contribution >= 0.6 is 24.0 Å². The SMILES string of the molecule is CN=C(NCc1nccn1CC(C)C)NC1CCc2ncnn2C1.I. The first-order valence-electron chi connectivity index (χ1n) is 8.49. The number of nitrogens with zero attached hydrogens (tertiary/aromatic N) is 6. The molecule has 0 aliphatic carbocycles. The fraction of sp³-hybridized carbons (Fsp3) is 0.625. The predicted octanol–water partition coefficient (Wildman–Crippen LogP) is 1.43. The van der Waals surface area contributed by atoms with Gasteiger partial charge in [0.25, 0.3) is 0 Å². The van der Waals surface area contributed by atoms with E-state index in [4.69, 9.17) is 0 Å². The smallest absolute Gasteiger partial charge is 0.191 e. The van der Waals surface area contributed by atoms with Crippen LogP contribution in [0, 0.1) is 5.92 Å². The Bertz CT molecular complexity index is 690. The minimum absolute atomic E-state index is 0. The van der Waals surface area contributed by atoms with E-state index in [-0.39, 0.29) is 24.0 Å². The number of halogens is 1. The van der Waals surface area contributed by atoms with E-state index in [9.17, 15) is 0 Å². The Kier molecular flexibility index (Phi) is 7.21. The number of nitrogens with one attached hydrogen (secondary N) is 2. The molecule has 2 N–H and O–H groups in total. The lowest BCUT2D eigenvalue weighted by molar-refractivity contribution is 0.392. The van der Waals surface area contributed by atoms with Crippen molar-refractivity contribution < 1.29 is 0 Å². The van der Waals surface area contributed by atoms with E-state index in [0.717, 1.165) is 43.5 Å². The summed E-state index contributed by atoms with van der Waals surface area (Å²) in [6.45, 7) is 6.86. The number of hydrogen-bond acceptors (Lipinski definition) is 4. The average Bonchev–Trinajstić information content (AvgIpc) is 3.19. The number of guanidine groups is 1. The second kappa shape index (κ2) is 9.16. The standard InChI is InChI=1S/C16H26N8.HI/c1-12(2)9-23-7-6-18-15(23)8-19-16(17-3)22-13-4-5-14-20-11-21-24(14)10-13;/h6-7,11-13H,4-5,8-10H2,1-3H3,(H2,17,19,22);1H. The summed E-state index contributed by atoms with van der Waals surface area (Å²) in [6, 6.07) is 0.306. The highest BCUT2D eigenvalue weighted by Crippen LogP contribution is 2.11. The van der Waals surface area contributed by atoms with Crippen LogP contribution in [0.25, 0.3) is 0 Å². The Balaban J connectivity index is 0.00000225. The van der Waals surface area contributed by atoms with E-state index < -0.39 is 0 Å². The second-order valence-electron chi connectivity index (χ2n) is 6.55. The first kappa shape index (κ1) is 19.7. The van der Waals surface area contributed by atoms with Gasteiger partial charge < -0.3 is 15.2 Å². The van der Waals surface area contributed by atoms with Gasteiger partial charge in [0.05, 0.1) is 13.1 Å². The van der Waals surface area contributed by atoms with E-state index in [2.05, 4.69) is 49.1 Å². The van der Waals surface area contributed by atoms with Gasteiger partial charge in [0.15, 0.2) is 5.96 Å². The molecule has 0 bridgehead atoms. The number of aryl methyl sites for hydroxylation is 1. The van der Waals surface area contributed by atoms with Crippen LogP contribution in [-0.4, -0.2) is 43.4 Å². The number of imidazole rings is 1. The fourth-order valence-corrected chi connectivity index (χ4v) is 2.97. The molecule has 0 saturated carbocycles. The summed E-state index contributed by atoms with van der Waals surface area (Å²) in [4.78, 5) is 13.0. The van der Waals surface area contributed by atoms with Gasteiger partial charge >= 0.3 is 0 Å². The lowest BCUT2D eigenvalue weighted by Gasteiger charge is -2.25. The molecule has 0 aromatic carbocycles. The molecule has 3 heterocycles. The van der Waals surface area contributed by atoms with Crippen molar-refractivity contribution in [2.45, 2.75) is 52.4 Å². The molecule has 9 heteroatoms. The van der Waals surface area contributed by atoms with E-state index in [1.165, 1.54) is 0 Å². The normalized spacial score (nSPS) is 17.1. The van der Waals surface area contributed by atoms with Gasteiger partial charge in [-0.3, -0.25) is 4.99 Å². The molecule has 1 atom stereocenters. The van der Waals surface area contributed by atoms with Gasteiger partial charge in [0.2, 0.25) is 0 Å². The van der Waals surface area contributed by atoms with Gasteiger partial charge in [-0.05, 0) is 12.3 Å². The van der Waals surface area contributed by atoms with Crippen molar-refractivity contribution in [1.29, 1.82) is 0 Å². The third-order valence-electron chi connectivity index (χ3n) is 4.15. The van der Waals surface area contributed by atoms with Crippen molar-refractivity contribution in [2.75, 3.05) is 7.05 Å². The molecule has 1 aliphatic rings. The lowest BCUT2D eigenvalue weighted by atomic mass is 10.1. The molecule has 25 heavy (non-hydrogen) atoms. The molecule has 2 aromatic heterocycles. The van der Waals surface area contributed by atoms with Gasteiger partial charge in [-0.1, -0.05) is 13.8 Å². The fourth-order valence-electron chi connectivity index (χ4n) is 2.97. The van der Waals surface area contributed by atoms with Crippen molar-refractivity contribution in [1.82, 2.24) is 34.9 Å². The van der Waals surface area contributed by atoms with Crippen molar-refractivity contribution in [2.24, 2.45) is 10.9 Å². The van der Waals surface area contributed by atoms with Gasteiger partial charge in [-0.25, -0.2) is 14.6 Å². The Hall–Kier alpha value is -1.65. The summed E-state index contributed by atoms with van der Waals surface area (Å²) in [5, 5.41) is 11.1. The first-order valence-corrected chi connectivity index (χ1v) is 8.49. The zero-order chi connectivity index (χ0) is 16.9. The number of fused-ring (bicyclic) bond motifs is 1. The quantitative estimate of drug-likeness (QED) is 0.403. The van der Waals surface area contributed by atoms with Crippen LogP contribution < -0.4 is 10.6 Å². The van der Waals surface area contributed by atoms with Crippen LogP contribution in [0.4, 0.5) is 0 Å². The average molecular weight is 458 g/mol. The van der Waals surface area contributed by atoms with Gasteiger partial charge in [-0.2, -0.15) is 5.10 Å². The maximum Gasteiger partial charge on any atom is 0.191 e. The van der Waals surface area contributed by atoms with E-state index in [1.54, 1.807) is 13.4 Å². The maximum absolute atomic E-state index is 4.44. The minimum atomic E-state index is 0. The van der Waals surface area contributed by atoms with E-state index in [1.807, 2.05) is 17.1 Å². The molecule has 8 nitrogen and oxygen atoms in total. The molecule has 1 aliphatic heterocycles. The van der Waals surface area contributed by atoms with Gasteiger partial charge in [0.1, 0.15) is 18.0 Å². The summed E-state index contributed by atoms with van der Waals surface area (Å²) in [6.07, 6.45) is 7.47. The predicted molar refractivity (Wildman–Crippen MR) is 108 cm³/mol. The van der Waals surface area contributed by atoms with Crippen LogP contribution in [-0.2, 0) is 26.1 Å². The Morgan fingerprint density at radius 2 is 2.24 bits per heavy atom. The van der Waals surface area contributed by atoms with Crippen molar-refractivity contribution in [3.63, 3.8) is 0 Å². The topological polar surface area (TPSA) is 84.9 Å². The summed E-state index contributed by atoms with van der Waals surface area (Å²) in [7, 11) is 1.79. The third-order valence-corrected chi connectivity index (χ3v) is 4.15. The summed E-state index contributed by atoms with van der Waals surface area (Å²) < 4.78 is 4.15. The molecule has 0 fully saturated rings. The second-order valence-corrected chi connectivity index (χ2v) is 6.55. The minimum Gasteiger partial charge on any atom is -0.352 e. The molecule has 0 radical (unpaired) electrons. The molecule has 138 valence electrons. The monoisotopic (exact) mass is 458 g/mol. The summed E-state index contributed by atoms with van der Waals surface area (Å²) in [5.41, 5.74) is 0. The van der Waals surface area contributed by atoms with Crippen LogP contribution in [0.5, 0.6) is 0 Å². The van der Waals surface area contributed by atoms with Crippen molar-refractivity contribution in [3.05, 3.63) is 30.4 Å². The molecule has 0 saturated heterocycles.